The fourth-order valence-corrected chi connectivity index (χ4v) is 1.17. The standard InChI is InChI=1S/C10H16N2/c1-7(2)9(4)10-8(3)5-6-11-12-10/h5-7,9H,1-4H3. The van der Waals surface area contributed by atoms with E-state index < -0.39 is 0 Å². The molecule has 0 fully saturated rings. The van der Waals surface area contributed by atoms with Gasteiger partial charge in [0.25, 0.3) is 0 Å². The van der Waals surface area contributed by atoms with Crippen LogP contribution in [-0.4, -0.2) is 10.2 Å². The molecule has 0 amide bonds. The molecule has 0 saturated carbocycles. The first kappa shape index (κ1) is 9.17. The molecule has 0 bridgehead atoms. The molecule has 2 heteroatoms. The lowest BCUT2D eigenvalue weighted by Gasteiger charge is -2.15. The minimum atomic E-state index is 0.499. The summed E-state index contributed by atoms with van der Waals surface area (Å²) in [6, 6.07) is 2.02. The molecule has 0 aliphatic heterocycles. The third kappa shape index (κ3) is 1.81. The quantitative estimate of drug-likeness (QED) is 0.671. The molecule has 0 radical (unpaired) electrons. The van der Waals surface area contributed by atoms with E-state index in [0.29, 0.717) is 11.8 Å². The average Bonchev–Trinajstić information content (AvgIpc) is 2.04. The van der Waals surface area contributed by atoms with Crippen LogP contribution in [0.25, 0.3) is 0 Å². The maximum absolute atomic E-state index is 4.15. The smallest absolute Gasteiger partial charge is 0.0690 e. The molecule has 1 aromatic heterocycles. The van der Waals surface area contributed by atoms with Gasteiger partial charge in [-0.1, -0.05) is 20.8 Å². The minimum Gasteiger partial charge on any atom is -0.159 e. The van der Waals surface area contributed by atoms with Crippen molar-refractivity contribution in [3.8, 4) is 0 Å². The predicted octanol–water partition coefficient (Wildman–Crippen LogP) is 2.54. The normalized spacial score (nSPS) is 13.4. The van der Waals surface area contributed by atoms with Crippen molar-refractivity contribution in [2.75, 3.05) is 0 Å². The lowest BCUT2D eigenvalue weighted by Crippen LogP contribution is -2.07. The van der Waals surface area contributed by atoms with Gasteiger partial charge in [-0.3, -0.25) is 0 Å². The minimum absolute atomic E-state index is 0.499. The summed E-state index contributed by atoms with van der Waals surface area (Å²) in [4.78, 5) is 0. The van der Waals surface area contributed by atoms with Gasteiger partial charge in [-0.2, -0.15) is 10.2 Å². The van der Waals surface area contributed by atoms with Gasteiger partial charge in [-0.25, -0.2) is 0 Å². The molecule has 0 aliphatic rings. The van der Waals surface area contributed by atoms with E-state index in [1.807, 2.05) is 6.07 Å². The Morgan fingerprint density at radius 2 is 1.92 bits per heavy atom. The van der Waals surface area contributed by atoms with E-state index in [2.05, 4.69) is 37.9 Å². The fourth-order valence-electron chi connectivity index (χ4n) is 1.17. The number of nitrogens with zero attached hydrogens (tertiary/aromatic N) is 2. The summed E-state index contributed by atoms with van der Waals surface area (Å²) in [5.41, 5.74) is 2.37. The Kier molecular flexibility index (Phi) is 2.79. The highest BCUT2D eigenvalue weighted by Crippen LogP contribution is 2.23. The van der Waals surface area contributed by atoms with Gasteiger partial charge in [0, 0.05) is 12.1 Å². The zero-order valence-electron chi connectivity index (χ0n) is 8.20. The molecule has 0 N–H and O–H groups in total. The van der Waals surface area contributed by atoms with Crippen LogP contribution in [0.1, 0.15) is 37.9 Å². The van der Waals surface area contributed by atoms with E-state index in [9.17, 15) is 0 Å². The number of rotatable bonds is 2. The van der Waals surface area contributed by atoms with E-state index in [1.165, 1.54) is 5.56 Å². The summed E-state index contributed by atoms with van der Waals surface area (Å²) < 4.78 is 0. The summed E-state index contributed by atoms with van der Waals surface area (Å²) in [6.07, 6.45) is 1.74. The van der Waals surface area contributed by atoms with Crippen LogP contribution in [0.2, 0.25) is 0 Å². The van der Waals surface area contributed by atoms with Crippen molar-refractivity contribution in [2.45, 2.75) is 33.6 Å². The van der Waals surface area contributed by atoms with Crippen molar-refractivity contribution in [1.82, 2.24) is 10.2 Å². The van der Waals surface area contributed by atoms with Crippen LogP contribution in [0.15, 0.2) is 12.3 Å². The maximum Gasteiger partial charge on any atom is 0.0690 e. The van der Waals surface area contributed by atoms with Gasteiger partial charge in [0.15, 0.2) is 0 Å². The van der Waals surface area contributed by atoms with Crippen LogP contribution < -0.4 is 0 Å². The van der Waals surface area contributed by atoms with Gasteiger partial charge in [-0.05, 0) is 24.5 Å². The lowest BCUT2D eigenvalue weighted by molar-refractivity contribution is 0.515. The van der Waals surface area contributed by atoms with Crippen LogP contribution in [0, 0.1) is 12.8 Å². The second-order valence-corrected chi connectivity index (χ2v) is 3.63. The first-order valence-corrected chi connectivity index (χ1v) is 4.41. The van der Waals surface area contributed by atoms with Crippen LogP contribution in [0.4, 0.5) is 0 Å². The number of aryl methyl sites for hydroxylation is 1. The SMILES string of the molecule is Cc1ccnnc1C(C)C(C)C. The summed E-state index contributed by atoms with van der Waals surface area (Å²) in [6.45, 7) is 8.70. The lowest BCUT2D eigenvalue weighted by atomic mass is 9.92. The van der Waals surface area contributed by atoms with E-state index in [0.717, 1.165) is 5.69 Å². The van der Waals surface area contributed by atoms with Crippen molar-refractivity contribution in [2.24, 2.45) is 5.92 Å². The molecular weight excluding hydrogens is 148 g/mol. The van der Waals surface area contributed by atoms with E-state index in [4.69, 9.17) is 0 Å². The maximum atomic E-state index is 4.15. The third-order valence-corrected chi connectivity index (χ3v) is 2.39. The first-order chi connectivity index (χ1) is 5.63. The molecule has 1 unspecified atom stereocenters. The molecule has 1 heterocycles. The molecule has 2 nitrogen and oxygen atoms in total. The fraction of sp³-hybridized carbons (Fsp3) is 0.600. The average molecular weight is 164 g/mol. The van der Waals surface area contributed by atoms with Crippen molar-refractivity contribution in [1.29, 1.82) is 0 Å². The molecule has 0 spiro atoms. The summed E-state index contributed by atoms with van der Waals surface area (Å²) in [5, 5.41) is 8.05. The Hall–Kier alpha value is -0.920. The number of aromatic nitrogens is 2. The molecular formula is C10H16N2. The van der Waals surface area contributed by atoms with E-state index >= 15 is 0 Å². The highest BCUT2D eigenvalue weighted by Gasteiger charge is 2.13. The van der Waals surface area contributed by atoms with E-state index in [-0.39, 0.29) is 0 Å². The largest absolute Gasteiger partial charge is 0.159 e. The highest BCUT2D eigenvalue weighted by molar-refractivity contribution is 5.18. The van der Waals surface area contributed by atoms with Crippen LogP contribution in [0.3, 0.4) is 0 Å². The molecule has 0 saturated heterocycles. The van der Waals surface area contributed by atoms with Crippen molar-refractivity contribution < 1.29 is 0 Å². The molecule has 12 heavy (non-hydrogen) atoms. The molecule has 0 aliphatic carbocycles. The Labute approximate surface area is 74.0 Å². The predicted molar refractivity (Wildman–Crippen MR) is 50.0 cm³/mol. The van der Waals surface area contributed by atoms with Crippen molar-refractivity contribution in [3.63, 3.8) is 0 Å². The Morgan fingerprint density at radius 1 is 1.25 bits per heavy atom. The summed E-state index contributed by atoms with van der Waals surface area (Å²) in [7, 11) is 0. The molecule has 1 atom stereocenters. The monoisotopic (exact) mass is 164 g/mol. The topological polar surface area (TPSA) is 25.8 Å². The number of hydrogen-bond donors (Lipinski definition) is 0. The zero-order chi connectivity index (χ0) is 9.14. The first-order valence-electron chi connectivity index (χ1n) is 4.41. The van der Waals surface area contributed by atoms with E-state index in [1.54, 1.807) is 6.20 Å². The highest BCUT2D eigenvalue weighted by atomic mass is 15.1. The molecule has 66 valence electrons. The Morgan fingerprint density at radius 3 is 2.42 bits per heavy atom. The van der Waals surface area contributed by atoms with Gasteiger partial charge in [-0.15, -0.1) is 0 Å². The van der Waals surface area contributed by atoms with Crippen molar-refractivity contribution >= 4 is 0 Å². The zero-order valence-corrected chi connectivity index (χ0v) is 8.20. The van der Waals surface area contributed by atoms with Crippen LogP contribution >= 0.6 is 0 Å². The van der Waals surface area contributed by atoms with Gasteiger partial charge in [0.1, 0.15) is 0 Å². The molecule has 0 aromatic carbocycles. The van der Waals surface area contributed by atoms with Crippen LogP contribution in [0.5, 0.6) is 0 Å². The van der Waals surface area contributed by atoms with Gasteiger partial charge < -0.3 is 0 Å². The second kappa shape index (κ2) is 3.65. The Bertz CT molecular complexity index is 256. The molecule has 1 rings (SSSR count). The molecule has 1 aromatic rings. The van der Waals surface area contributed by atoms with Crippen LogP contribution in [-0.2, 0) is 0 Å². The summed E-state index contributed by atoms with van der Waals surface area (Å²) in [5.74, 6) is 1.12. The van der Waals surface area contributed by atoms with Crippen molar-refractivity contribution in [3.05, 3.63) is 23.5 Å². The van der Waals surface area contributed by atoms with Gasteiger partial charge >= 0.3 is 0 Å². The van der Waals surface area contributed by atoms with Gasteiger partial charge in [0.05, 0.1) is 5.69 Å². The summed E-state index contributed by atoms with van der Waals surface area (Å²) >= 11 is 0. The Balaban J connectivity index is 2.94. The third-order valence-electron chi connectivity index (χ3n) is 2.39. The second-order valence-electron chi connectivity index (χ2n) is 3.63. The van der Waals surface area contributed by atoms with Gasteiger partial charge in [0.2, 0.25) is 0 Å². The number of hydrogen-bond acceptors (Lipinski definition) is 2.